The zero-order valence-corrected chi connectivity index (χ0v) is 19.8. The number of fused-ring (bicyclic) bond motifs is 1. The number of thiazole rings is 1. The van der Waals surface area contributed by atoms with E-state index >= 15 is 0 Å². The van der Waals surface area contributed by atoms with Crippen molar-refractivity contribution in [2.45, 2.75) is 44.4 Å². The molecule has 1 aliphatic heterocycles. The van der Waals surface area contributed by atoms with Gasteiger partial charge in [-0.1, -0.05) is 19.9 Å². The number of nitrogens with zero attached hydrogens (tertiary/aromatic N) is 2. The third kappa shape index (κ3) is 4.33. The number of aromatic nitrogens is 1. The Hall–Kier alpha value is -2.05. The van der Waals surface area contributed by atoms with Gasteiger partial charge in [0.1, 0.15) is 0 Å². The summed E-state index contributed by atoms with van der Waals surface area (Å²) in [6, 6.07) is 14.1. The number of piperidine rings is 1. The minimum atomic E-state index is 0.161. The number of hydrogen-bond donors (Lipinski definition) is 1. The van der Waals surface area contributed by atoms with Gasteiger partial charge in [-0.3, -0.25) is 4.79 Å². The fraction of sp³-hybridized carbons (Fsp3) is 0.440. The molecule has 1 amide bonds. The lowest BCUT2D eigenvalue weighted by molar-refractivity contribution is 0.0547. The van der Waals surface area contributed by atoms with Crippen molar-refractivity contribution in [3.63, 3.8) is 0 Å². The van der Waals surface area contributed by atoms with Crippen molar-refractivity contribution in [2.24, 2.45) is 17.3 Å². The number of para-hydroxylation sites is 1. The van der Waals surface area contributed by atoms with Crippen LogP contribution in [0.3, 0.4) is 0 Å². The largest absolute Gasteiger partial charge is 0.339 e. The van der Waals surface area contributed by atoms with Crippen LogP contribution in [-0.4, -0.2) is 28.9 Å². The van der Waals surface area contributed by atoms with Gasteiger partial charge >= 0.3 is 0 Å². The van der Waals surface area contributed by atoms with Gasteiger partial charge < -0.3 is 9.62 Å². The van der Waals surface area contributed by atoms with Crippen molar-refractivity contribution in [1.82, 2.24) is 9.88 Å². The minimum Gasteiger partial charge on any atom is -0.339 e. The fourth-order valence-electron chi connectivity index (χ4n) is 4.91. The van der Waals surface area contributed by atoms with Crippen LogP contribution in [0.15, 0.2) is 52.9 Å². The third-order valence-electron chi connectivity index (χ3n) is 7.20. The molecule has 1 aromatic heterocycles. The third-order valence-corrected chi connectivity index (χ3v) is 8.88. The average Bonchev–Trinajstić information content (AvgIpc) is 3.56. The highest BCUT2D eigenvalue weighted by Gasteiger charge is 2.44. The molecule has 162 valence electrons. The zero-order chi connectivity index (χ0) is 21.4. The first kappa shape index (κ1) is 20.8. The second-order valence-electron chi connectivity index (χ2n) is 9.40. The SMILES string of the molecule is CC(C)(C1CC1)C1CCN(C(=O)c2ccc(NSc3cccc4scnc34)cc2)CC1. The summed E-state index contributed by atoms with van der Waals surface area (Å²) < 4.78 is 4.58. The summed E-state index contributed by atoms with van der Waals surface area (Å²) in [7, 11) is 0. The van der Waals surface area contributed by atoms with Gasteiger partial charge in [0, 0.05) is 24.3 Å². The normalized spacial score (nSPS) is 17.8. The number of anilines is 1. The maximum atomic E-state index is 13.0. The summed E-state index contributed by atoms with van der Waals surface area (Å²) in [6.07, 6.45) is 5.05. The molecule has 1 saturated carbocycles. The molecule has 1 aliphatic carbocycles. The van der Waals surface area contributed by atoms with E-state index in [1.54, 1.807) is 23.3 Å². The van der Waals surface area contributed by atoms with Crippen LogP contribution < -0.4 is 4.72 Å². The van der Waals surface area contributed by atoms with E-state index in [1.807, 2.05) is 34.7 Å². The summed E-state index contributed by atoms with van der Waals surface area (Å²) in [5, 5.41) is 0. The van der Waals surface area contributed by atoms with E-state index < -0.39 is 0 Å². The van der Waals surface area contributed by atoms with Crippen LogP contribution in [0, 0.1) is 17.3 Å². The molecule has 4 nitrogen and oxygen atoms in total. The van der Waals surface area contributed by atoms with Crippen LogP contribution in [0.1, 0.15) is 49.9 Å². The number of carbonyl (C=O) groups excluding carboxylic acids is 1. The van der Waals surface area contributed by atoms with Gasteiger partial charge in [0.05, 0.1) is 20.6 Å². The average molecular weight is 452 g/mol. The second-order valence-corrected chi connectivity index (χ2v) is 11.1. The molecule has 6 heteroatoms. The molecule has 0 atom stereocenters. The molecular weight excluding hydrogens is 422 g/mol. The van der Waals surface area contributed by atoms with Gasteiger partial charge in [-0.05, 0) is 91.3 Å². The van der Waals surface area contributed by atoms with Gasteiger partial charge in [0.15, 0.2) is 0 Å². The topological polar surface area (TPSA) is 45.2 Å². The van der Waals surface area contributed by atoms with E-state index in [1.165, 1.54) is 17.5 Å². The highest BCUT2D eigenvalue weighted by molar-refractivity contribution is 8.00. The predicted molar refractivity (Wildman–Crippen MR) is 131 cm³/mol. The highest BCUT2D eigenvalue weighted by Crippen LogP contribution is 2.52. The van der Waals surface area contributed by atoms with E-state index in [9.17, 15) is 4.79 Å². The lowest BCUT2D eigenvalue weighted by Gasteiger charge is -2.41. The summed E-state index contributed by atoms with van der Waals surface area (Å²) in [4.78, 5) is 20.6. The smallest absolute Gasteiger partial charge is 0.253 e. The standard InChI is InChI=1S/C25H29N3OS2/c1-25(2,18-8-9-18)19-12-14-28(15-13-19)24(29)17-6-10-20(11-7-17)27-31-22-5-3-4-21-23(22)26-16-30-21/h3-7,10-11,16,18-19,27H,8-9,12-15H2,1-2H3. The summed E-state index contributed by atoms with van der Waals surface area (Å²) in [5.74, 6) is 1.81. The lowest BCUT2D eigenvalue weighted by atomic mass is 9.70. The Morgan fingerprint density at radius 2 is 1.77 bits per heavy atom. The first-order valence-electron chi connectivity index (χ1n) is 11.2. The number of carbonyl (C=O) groups is 1. The quantitative estimate of drug-likeness (QED) is 0.423. The first-order valence-corrected chi connectivity index (χ1v) is 12.9. The number of rotatable bonds is 6. The molecule has 0 bridgehead atoms. The molecule has 3 aromatic rings. The van der Waals surface area contributed by atoms with Crippen LogP contribution in [-0.2, 0) is 0 Å². The van der Waals surface area contributed by atoms with E-state index in [4.69, 9.17) is 0 Å². The van der Waals surface area contributed by atoms with Gasteiger partial charge in [-0.15, -0.1) is 11.3 Å². The van der Waals surface area contributed by atoms with Gasteiger partial charge in [-0.2, -0.15) is 0 Å². The Kier molecular flexibility index (Phi) is 5.69. The van der Waals surface area contributed by atoms with Crippen molar-refractivity contribution in [3.8, 4) is 0 Å². The molecule has 31 heavy (non-hydrogen) atoms. The van der Waals surface area contributed by atoms with E-state index in [0.29, 0.717) is 5.41 Å². The zero-order valence-electron chi connectivity index (χ0n) is 18.1. The Balaban J connectivity index is 1.17. The molecule has 1 N–H and O–H groups in total. The van der Waals surface area contributed by atoms with Gasteiger partial charge in [0.2, 0.25) is 0 Å². The van der Waals surface area contributed by atoms with Crippen LogP contribution in [0.2, 0.25) is 0 Å². The first-order chi connectivity index (χ1) is 15.0. The number of benzene rings is 2. The van der Waals surface area contributed by atoms with Crippen molar-refractivity contribution in [3.05, 3.63) is 53.5 Å². The molecule has 2 fully saturated rings. The summed E-state index contributed by atoms with van der Waals surface area (Å²) >= 11 is 3.21. The van der Waals surface area contributed by atoms with E-state index in [-0.39, 0.29) is 5.91 Å². The summed E-state index contributed by atoms with van der Waals surface area (Å²) in [6.45, 7) is 6.64. The molecule has 0 radical (unpaired) electrons. The van der Waals surface area contributed by atoms with E-state index in [2.05, 4.69) is 41.8 Å². The number of nitrogens with one attached hydrogen (secondary N) is 1. The van der Waals surface area contributed by atoms with E-state index in [0.717, 1.165) is 59.4 Å². The van der Waals surface area contributed by atoms with Gasteiger partial charge in [0.25, 0.3) is 5.91 Å². The van der Waals surface area contributed by atoms with Crippen LogP contribution in [0.25, 0.3) is 10.2 Å². The Labute approximate surface area is 192 Å². The van der Waals surface area contributed by atoms with Crippen LogP contribution in [0.4, 0.5) is 5.69 Å². The molecule has 1 saturated heterocycles. The predicted octanol–water partition coefficient (Wildman–Crippen LogP) is 6.70. The van der Waals surface area contributed by atoms with Crippen LogP contribution >= 0.6 is 23.3 Å². The molecule has 0 spiro atoms. The Morgan fingerprint density at radius 1 is 1.06 bits per heavy atom. The van der Waals surface area contributed by atoms with Crippen molar-refractivity contribution < 1.29 is 4.79 Å². The Morgan fingerprint density at radius 3 is 2.48 bits per heavy atom. The molecule has 2 aromatic carbocycles. The van der Waals surface area contributed by atoms with Crippen molar-refractivity contribution >= 4 is 45.1 Å². The molecule has 2 heterocycles. The minimum absolute atomic E-state index is 0.161. The van der Waals surface area contributed by atoms with Crippen molar-refractivity contribution in [1.29, 1.82) is 0 Å². The Bertz CT molecular complexity index is 1060. The second kappa shape index (κ2) is 8.47. The highest BCUT2D eigenvalue weighted by atomic mass is 32.2. The fourth-order valence-corrected chi connectivity index (χ4v) is 6.44. The van der Waals surface area contributed by atoms with Crippen molar-refractivity contribution in [2.75, 3.05) is 17.8 Å². The molecule has 5 rings (SSSR count). The molecule has 0 unspecified atom stereocenters. The lowest BCUT2D eigenvalue weighted by Crippen LogP contribution is -2.42. The summed E-state index contributed by atoms with van der Waals surface area (Å²) in [5.41, 5.74) is 5.11. The number of likely N-dealkylation sites (tertiary alicyclic amines) is 1. The number of hydrogen-bond acceptors (Lipinski definition) is 5. The molecule has 2 aliphatic rings. The van der Waals surface area contributed by atoms with Crippen LogP contribution in [0.5, 0.6) is 0 Å². The molecular formula is C25H29N3OS2. The number of amides is 1. The monoisotopic (exact) mass is 451 g/mol. The maximum absolute atomic E-state index is 13.0. The maximum Gasteiger partial charge on any atom is 0.253 e. The van der Waals surface area contributed by atoms with Gasteiger partial charge in [-0.25, -0.2) is 4.98 Å².